The Balaban J connectivity index is 2.18. The minimum absolute atomic E-state index is 0.163. The molecule has 0 spiro atoms. The molecule has 0 aliphatic heterocycles. The molecule has 1 aromatic heterocycles. The summed E-state index contributed by atoms with van der Waals surface area (Å²) in [5.74, 6) is 0.239. The summed E-state index contributed by atoms with van der Waals surface area (Å²) >= 11 is 0. The molecule has 0 atom stereocenters. The molecule has 100 valence electrons. The SMILES string of the molecule is CC(C)COc1ccc(-c2[nH]ncc2C(=O)O)cc1. The number of hydrogen-bond donors (Lipinski definition) is 2. The van der Waals surface area contributed by atoms with E-state index in [1.54, 1.807) is 0 Å². The molecule has 0 unspecified atom stereocenters. The Morgan fingerprint density at radius 2 is 2.05 bits per heavy atom. The topological polar surface area (TPSA) is 75.2 Å². The van der Waals surface area contributed by atoms with Crippen LogP contribution in [-0.2, 0) is 0 Å². The summed E-state index contributed by atoms with van der Waals surface area (Å²) in [5, 5.41) is 15.5. The van der Waals surface area contributed by atoms with Gasteiger partial charge in [0.15, 0.2) is 0 Å². The van der Waals surface area contributed by atoms with Crippen molar-refractivity contribution in [2.75, 3.05) is 6.61 Å². The highest BCUT2D eigenvalue weighted by molar-refractivity contribution is 5.94. The monoisotopic (exact) mass is 260 g/mol. The van der Waals surface area contributed by atoms with E-state index in [9.17, 15) is 4.79 Å². The maximum atomic E-state index is 11.0. The van der Waals surface area contributed by atoms with Crippen molar-refractivity contribution in [2.45, 2.75) is 13.8 Å². The predicted molar refractivity (Wildman–Crippen MR) is 71.3 cm³/mol. The lowest BCUT2D eigenvalue weighted by Crippen LogP contribution is -2.04. The maximum Gasteiger partial charge on any atom is 0.339 e. The molecule has 5 nitrogen and oxygen atoms in total. The fourth-order valence-corrected chi connectivity index (χ4v) is 1.65. The molecule has 0 saturated heterocycles. The van der Waals surface area contributed by atoms with E-state index in [1.165, 1.54) is 6.20 Å². The fourth-order valence-electron chi connectivity index (χ4n) is 1.65. The number of aromatic amines is 1. The number of aromatic nitrogens is 2. The third kappa shape index (κ3) is 3.13. The van der Waals surface area contributed by atoms with Crippen molar-refractivity contribution in [3.8, 4) is 17.0 Å². The van der Waals surface area contributed by atoms with Crippen molar-refractivity contribution in [3.05, 3.63) is 36.0 Å². The maximum absolute atomic E-state index is 11.0. The minimum Gasteiger partial charge on any atom is -0.493 e. The highest BCUT2D eigenvalue weighted by Crippen LogP contribution is 2.23. The third-order valence-corrected chi connectivity index (χ3v) is 2.60. The number of carbonyl (C=O) groups is 1. The van der Waals surface area contributed by atoms with Gasteiger partial charge in [-0.1, -0.05) is 13.8 Å². The summed E-state index contributed by atoms with van der Waals surface area (Å²) < 4.78 is 5.58. The normalized spacial score (nSPS) is 10.7. The first-order valence-electron chi connectivity index (χ1n) is 6.08. The number of ether oxygens (including phenoxy) is 1. The second-order valence-corrected chi connectivity index (χ2v) is 4.69. The predicted octanol–water partition coefficient (Wildman–Crippen LogP) is 2.81. The van der Waals surface area contributed by atoms with Crippen LogP contribution in [0, 0.1) is 5.92 Å². The van der Waals surface area contributed by atoms with Gasteiger partial charge in [0.1, 0.15) is 11.3 Å². The van der Waals surface area contributed by atoms with Gasteiger partial charge in [-0.3, -0.25) is 5.10 Å². The van der Waals surface area contributed by atoms with Crippen molar-refractivity contribution >= 4 is 5.97 Å². The minimum atomic E-state index is -0.996. The first-order valence-corrected chi connectivity index (χ1v) is 6.08. The molecular formula is C14H16N2O3. The summed E-state index contributed by atoms with van der Waals surface area (Å²) in [6.45, 7) is 4.82. The Labute approximate surface area is 111 Å². The van der Waals surface area contributed by atoms with Crippen LogP contribution in [0.4, 0.5) is 0 Å². The third-order valence-electron chi connectivity index (χ3n) is 2.60. The number of nitrogens with one attached hydrogen (secondary N) is 1. The molecule has 0 radical (unpaired) electrons. The Kier molecular flexibility index (Phi) is 3.85. The Bertz CT molecular complexity index is 558. The zero-order chi connectivity index (χ0) is 13.8. The molecule has 0 bridgehead atoms. The molecule has 2 aromatic rings. The second-order valence-electron chi connectivity index (χ2n) is 4.69. The van der Waals surface area contributed by atoms with Crippen LogP contribution < -0.4 is 4.74 Å². The standard InChI is InChI=1S/C14H16N2O3/c1-9(2)8-19-11-5-3-10(4-6-11)13-12(14(17)18)7-15-16-13/h3-7,9H,8H2,1-2H3,(H,15,16)(H,17,18). The number of rotatable bonds is 5. The first-order chi connectivity index (χ1) is 9.08. The molecule has 0 amide bonds. The van der Waals surface area contributed by atoms with Crippen LogP contribution in [0.5, 0.6) is 5.75 Å². The Morgan fingerprint density at radius 3 is 2.63 bits per heavy atom. The number of benzene rings is 1. The molecule has 0 aliphatic carbocycles. The molecule has 0 aliphatic rings. The fraction of sp³-hybridized carbons (Fsp3) is 0.286. The zero-order valence-corrected chi connectivity index (χ0v) is 10.9. The molecule has 1 heterocycles. The largest absolute Gasteiger partial charge is 0.493 e. The van der Waals surface area contributed by atoms with Crippen molar-refractivity contribution in [3.63, 3.8) is 0 Å². The van der Waals surface area contributed by atoms with Crippen LogP contribution in [0.3, 0.4) is 0 Å². The zero-order valence-electron chi connectivity index (χ0n) is 10.9. The van der Waals surface area contributed by atoms with Gasteiger partial charge in [-0.15, -0.1) is 0 Å². The first kappa shape index (κ1) is 13.1. The van der Waals surface area contributed by atoms with Gasteiger partial charge in [0.25, 0.3) is 0 Å². The molecule has 0 saturated carbocycles. The highest BCUT2D eigenvalue weighted by atomic mass is 16.5. The summed E-state index contributed by atoms with van der Waals surface area (Å²) in [7, 11) is 0. The molecule has 5 heteroatoms. The average Bonchev–Trinajstić information content (AvgIpc) is 2.86. The molecule has 1 aromatic carbocycles. The van der Waals surface area contributed by atoms with Crippen LogP contribution in [0.25, 0.3) is 11.3 Å². The number of aromatic carboxylic acids is 1. The number of carboxylic acid groups (broad SMARTS) is 1. The average molecular weight is 260 g/mol. The van der Waals surface area contributed by atoms with Gasteiger partial charge in [0.2, 0.25) is 0 Å². The van der Waals surface area contributed by atoms with Gasteiger partial charge in [-0.25, -0.2) is 4.79 Å². The number of hydrogen-bond acceptors (Lipinski definition) is 3. The summed E-state index contributed by atoms with van der Waals surface area (Å²) in [5.41, 5.74) is 1.44. The molecule has 2 N–H and O–H groups in total. The van der Waals surface area contributed by atoms with E-state index in [4.69, 9.17) is 9.84 Å². The van der Waals surface area contributed by atoms with Crippen LogP contribution in [0.2, 0.25) is 0 Å². The highest BCUT2D eigenvalue weighted by Gasteiger charge is 2.13. The molecule has 19 heavy (non-hydrogen) atoms. The van der Waals surface area contributed by atoms with E-state index in [-0.39, 0.29) is 5.56 Å². The van der Waals surface area contributed by atoms with E-state index in [2.05, 4.69) is 24.0 Å². The molecular weight excluding hydrogens is 244 g/mol. The van der Waals surface area contributed by atoms with Gasteiger partial charge >= 0.3 is 5.97 Å². The van der Waals surface area contributed by atoms with Gasteiger partial charge in [-0.2, -0.15) is 5.10 Å². The molecule has 0 fully saturated rings. The van der Waals surface area contributed by atoms with Crippen molar-refractivity contribution in [1.29, 1.82) is 0 Å². The van der Waals surface area contributed by atoms with Crippen LogP contribution >= 0.6 is 0 Å². The molecule has 2 rings (SSSR count). The summed E-state index contributed by atoms with van der Waals surface area (Å²) in [6, 6.07) is 7.28. The van der Waals surface area contributed by atoms with Gasteiger partial charge in [0, 0.05) is 5.56 Å². The van der Waals surface area contributed by atoms with Crippen LogP contribution in [0.15, 0.2) is 30.5 Å². The number of nitrogens with zero attached hydrogens (tertiary/aromatic N) is 1. The van der Waals surface area contributed by atoms with E-state index in [0.717, 1.165) is 11.3 Å². The van der Waals surface area contributed by atoms with E-state index < -0.39 is 5.97 Å². The van der Waals surface area contributed by atoms with Gasteiger partial charge in [0.05, 0.1) is 18.5 Å². The lowest BCUT2D eigenvalue weighted by atomic mass is 10.1. The van der Waals surface area contributed by atoms with Crippen molar-refractivity contribution in [2.24, 2.45) is 5.92 Å². The quantitative estimate of drug-likeness (QED) is 0.866. The van der Waals surface area contributed by atoms with Crippen LogP contribution in [0.1, 0.15) is 24.2 Å². The Hall–Kier alpha value is -2.30. The lowest BCUT2D eigenvalue weighted by Gasteiger charge is -2.09. The smallest absolute Gasteiger partial charge is 0.339 e. The van der Waals surface area contributed by atoms with Crippen LogP contribution in [-0.4, -0.2) is 27.9 Å². The van der Waals surface area contributed by atoms with Crippen molar-refractivity contribution < 1.29 is 14.6 Å². The number of carboxylic acids is 1. The van der Waals surface area contributed by atoms with Gasteiger partial charge < -0.3 is 9.84 Å². The second kappa shape index (κ2) is 5.56. The van der Waals surface area contributed by atoms with E-state index in [0.29, 0.717) is 18.2 Å². The van der Waals surface area contributed by atoms with Crippen molar-refractivity contribution in [1.82, 2.24) is 10.2 Å². The lowest BCUT2D eigenvalue weighted by molar-refractivity contribution is 0.0698. The number of H-pyrrole nitrogens is 1. The Morgan fingerprint density at radius 1 is 1.37 bits per heavy atom. The van der Waals surface area contributed by atoms with Gasteiger partial charge in [-0.05, 0) is 30.2 Å². The summed E-state index contributed by atoms with van der Waals surface area (Å²) in [6.07, 6.45) is 1.31. The van der Waals surface area contributed by atoms with E-state index >= 15 is 0 Å². The van der Waals surface area contributed by atoms with E-state index in [1.807, 2.05) is 24.3 Å². The summed E-state index contributed by atoms with van der Waals surface area (Å²) in [4.78, 5) is 11.0.